The molecule has 0 fully saturated rings. The largest absolute Gasteiger partial charge is 0.454 e. The lowest BCUT2D eigenvalue weighted by molar-refractivity contribution is 0.439. The maximum absolute atomic E-state index is 14.3. The summed E-state index contributed by atoms with van der Waals surface area (Å²) in [5, 5.41) is 4.75. The summed E-state index contributed by atoms with van der Waals surface area (Å²) in [5.74, 6) is -1.24. The zero-order valence-electron chi connectivity index (χ0n) is 17.3. The predicted molar refractivity (Wildman–Crippen MR) is 118 cm³/mol. The van der Waals surface area contributed by atoms with E-state index in [1.54, 1.807) is 42.5 Å². The first kappa shape index (κ1) is 19.7. The summed E-state index contributed by atoms with van der Waals surface area (Å²) in [7, 11) is 3.50. The average molecular weight is 432 g/mol. The van der Waals surface area contributed by atoms with Crippen LogP contribution in [-0.2, 0) is 14.1 Å². The second kappa shape index (κ2) is 7.49. The van der Waals surface area contributed by atoms with Gasteiger partial charge < -0.3 is 14.3 Å². The van der Waals surface area contributed by atoms with Crippen molar-refractivity contribution < 1.29 is 13.5 Å². The molecule has 0 aliphatic rings. The molecule has 0 aliphatic carbocycles. The van der Waals surface area contributed by atoms with Gasteiger partial charge in [-0.2, -0.15) is 5.10 Å². The number of H-pyrrole nitrogens is 1. The number of fused-ring (bicyclic) bond motifs is 1. The van der Waals surface area contributed by atoms with Gasteiger partial charge in [-0.05, 0) is 35.9 Å². The number of nitrogens with zero attached hydrogens (tertiary/aromatic N) is 3. The van der Waals surface area contributed by atoms with Gasteiger partial charge in [0.25, 0.3) is 5.56 Å². The number of aromatic amines is 1. The zero-order valence-corrected chi connectivity index (χ0v) is 17.3. The quantitative estimate of drug-likeness (QED) is 0.435. The van der Waals surface area contributed by atoms with Crippen molar-refractivity contribution in [2.24, 2.45) is 14.1 Å². The topological polar surface area (TPSA) is 64.8 Å². The van der Waals surface area contributed by atoms with Crippen LogP contribution < -0.4 is 10.3 Å². The van der Waals surface area contributed by atoms with E-state index in [0.717, 1.165) is 23.3 Å². The first-order valence-electron chi connectivity index (χ1n) is 9.84. The maximum Gasteiger partial charge on any atom is 0.259 e. The molecule has 0 saturated carbocycles. The third-order valence-corrected chi connectivity index (χ3v) is 5.31. The van der Waals surface area contributed by atoms with E-state index in [2.05, 4.69) is 10.1 Å². The third-order valence-electron chi connectivity index (χ3n) is 5.31. The summed E-state index contributed by atoms with van der Waals surface area (Å²) in [5.41, 5.74) is 3.60. The number of rotatable bonds is 4. The van der Waals surface area contributed by atoms with E-state index in [9.17, 15) is 13.6 Å². The number of pyridine rings is 1. The fourth-order valence-corrected chi connectivity index (χ4v) is 3.74. The predicted octanol–water partition coefficient (Wildman–Crippen LogP) is 5.00. The van der Waals surface area contributed by atoms with Gasteiger partial charge in [0.15, 0.2) is 11.6 Å². The number of hydrogen-bond acceptors (Lipinski definition) is 3. The van der Waals surface area contributed by atoms with Gasteiger partial charge in [-0.15, -0.1) is 0 Å². The number of aromatic nitrogens is 4. The summed E-state index contributed by atoms with van der Waals surface area (Å²) in [6.07, 6.45) is 7.02. The molecule has 0 aliphatic heterocycles. The summed E-state index contributed by atoms with van der Waals surface area (Å²) >= 11 is 0. The molecule has 0 amide bonds. The lowest BCUT2D eigenvalue weighted by atomic mass is 9.99. The number of aryl methyl sites for hydroxylation is 2. The molecule has 5 aromatic rings. The van der Waals surface area contributed by atoms with Crippen LogP contribution in [0.15, 0.2) is 72.0 Å². The number of ether oxygens (including phenoxy) is 1. The highest BCUT2D eigenvalue weighted by Crippen LogP contribution is 2.39. The van der Waals surface area contributed by atoms with Crippen LogP contribution in [0.4, 0.5) is 8.78 Å². The smallest absolute Gasteiger partial charge is 0.259 e. The molecule has 0 unspecified atom stereocenters. The van der Waals surface area contributed by atoms with Crippen molar-refractivity contribution in [3.8, 4) is 33.8 Å². The number of halogens is 2. The Morgan fingerprint density at radius 2 is 1.75 bits per heavy atom. The highest BCUT2D eigenvalue weighted by atomic mass is 19.1. The van der Waals surface area contributed by atoms with Crippen LogP contribution in [0.3, 0.4) is 0 Å². The lowest BCUT2D eigenvalue weighted by Crippen LogP contribution is -2.16. The molecule has 2 aromatic carbocycles. The molecule has 0 atom stereocenters. The normalized spacial score (nSPS) is 11.2. The molecule has 160 valence electrons. The molecule has 0 radical (unpaired) electrons. The van der Waals surface area contributed by atoms with Crippen molar-refractivity contribution in [3.63, 3.8) is 0 Å². The molecular weight excluding hydrogens is 414 g/mol. The molecule has 5 rings (SSSR count). The van der Waals surface area contributed by atoms with E-state index >= 15 is 0 Å². The first-order valence-corrected chi connectivity index (χ1v) is 9.84. The minimum atomic E-state index is -0.808. The van der Waals surface area contributed by atoms with Gasteiger partial charge in [0.2, 0.25) is 0 Å². The zero-order chi connectivity index (χ0) is 22.4. The van der Waals surface area contributed by atoms with E-state index in [-0.39, 0.29) is 11.3 Å². The molecule has 0 bridgehead atoms. The van der Waals surface area contributed by atoms with Crippen molar-refractivity contribution in [1.82, 2.24) is 19.3 Å². The van der Waals surface area contributed by atoms with Gasteiger partial charge in [-0.3, -0.25) is 9.48 Å². The summed E-state index contributed by atoms with van der Waals surface area (Å²) < 4.78 is 36.7. The molecule has 3 heterocycles. The van der Waals surface area contributed by atoms with Crippen molar-refractivity contribution in [3.05, 3.63) is 89.2 Å². The van der Waals surface area contributed by atoms with Gasteiger partial charge in [0, 0.05) is 55.4 Å². The average Bonchev–Trinajstić information content (AvgIpc) is 3.43. The Morgan fingerprint density at radius 1 is 0.938 bits per heavy atom. The molecule has 6 nitrogen and oxygen atoms in total. The Hall–Kier alpha value is -4.20. The number of benzene rings is 2. The first-order chi connectivity index (χ1) is 15.4. The number of hydrogen-bond donors (Lipinski definition) is 1. The summed E-state index contributed by atoms with van der Waals surface area (Å²) in [4.78, 5) is 15.7. The van der Waals surface area contributed by atoms with Crippen LogP contribution in [0, 0.1) is 11.6 Å². The standard InChI is InChI=1S/C24H18F2N4O2/c1-29-13-19(23-17(24(29)31)7-8-27-23)18-9-14(15-11-28-30(2)12-15)3-5-21(18)32-22-6-4-16(25)10-20(22)26/h3-13,27H,1-2H3. The maximum atomic E-state index is 14.3. The van der Waals surface area contributed by atoms with Gasteiger partial charge in [-0.1, -0.05) is 6.07 Å². The van der Waals surface area contributed by atoms with Crippen LogP contribution in [0.2, 0.25) is 0 Å². The Morgan fingerprint density at radius 3 is 2.50 bits per heavy atom. The Bertz CT molecular complexity index is 1530. The van der Waals surface area contributed by atoms with E-state index in [4.69, 9.17) is 4.74 Å². The van der Waals surface area contributed by atoms with Crippen molar-refractivity contribution >= 4 is 10.9 Å². The fourth-order valence-electron chi connectivity index (χ4n) is 3.74. The molecule has 8 heteroatoms. The van der Waals surface area contributed by atoms with E-state index < -0.39 is 11.6 Å². The van der Waals surface area contributed by atoms with Crippen LogP contribution in [-0.4, -0.2) is 19.3 Å². The number of nitrogens with one attached hydrogen (secondary N) is 1. The van der Waals surface area contributed by atoms with Gasteiger partial charge in [0.05, 0.1) is 17.1 Å². The Balaban J connectivity index is 1.74. The lowest BCUT2D eigenvalue weighted by Gasteiger charge is -2.15. The highest BCUT2D eigenvalue weighted by molar-refractivity contribution is 5.95. The molecular formula is C24H18F2N4O2. The van der Waals surface area contributed by atoms with E-state index in [0.29, 0.717) is 27.8 Å². The monoisotopic (exact) mass is 432 g/mol. The van der Waals surface area contributed by atoms with Crippen molar-refractivity contribution in [1.29, 1.82) is 0 Å². The van der Waals surface area contributed by atoms with E-state index in [1.165, 1.54) is 10.6 Å². The van der Waals surface area contributed by atoms with Crippen LogP contribution in [0.25, 0.3) is 33.2 Å². The van der Waals surface area contributed by atoms with Crippen molar-refractivity contribution in [2.75, 3.05) is 0 Å². The van der Waals surface area contributed by atoms with Crippen LogP contribution in [0.1, 0.15) is 0 Å². The molecule has 1 N–H and O–H groups in total. The second-order valence-electron chi connectivity index (χ2n) is 7.52. The molecule has 0 saturated heterocycles. The minimum Gasteiger partial charge on any atom is -0.454 e. The third kappa shape index (κ3) is 3.35. The fraction of sp³-hybridized carbons (Fsp3) is 0.0833. The molecule has 32 heavy (non-hydrogen) atoms. The second-order valence-corrected chi connectivity index (χ2v) is 7.52. The summed E-state index contributed by atoms with van der Waals surface area (Å²) in [6.45, 7) is 0. The Labute approximate surface area is 181 Å². The van der Waals surface area contributed by atoms with Gasteiger partial charge >= 0.3 is 0 Å². The highest BCUT2D eigenvalue weighted by Gasteiger charge is 2.17. The molecule has 0 spiro atoms. The van der Waals surface area contributed by atoms with Crippen LogP contribution in [0.5, 0.6) is 11.5 Å². The van der Waals surface area contributed by atoms with E-state index in [1.807, 2.05) is 25.4 Å². The van der Waals surface area contributed by atoms with Crippen molar-refractivity contribution in [2.45, 2.75) is 0 Å². The Kier molecular flexibility index (Phi) is 4.62. The molecule has 3 aromatic heterocycles. The van der Waals surface area contributed by atoms with Gasteiger partial charge in [0.1, 0.15) is 11.6 Å². The van der Waals surface area contributed by atoms with Gasteiger partial charge in [-0.25, -0.2) is 8.78 Å². The summed E-state index contributed by atoms with van der Waals surface area (Å²) in [6, 6.07) is 10.3. The SMILES string of the molecule is Cn1cc(-c2ccc(Oc3ccc(F)cc3F)c(-c3cn(C)c(=O)c4cc[nH]c34)c2)cn1. The van der Waals surface area contributed by atoms with Crippen LogP contribution >= 0.6 is 0 Å². The minimum absolute atomic E-state index is 0.102.